The average Bonchev–Trinajstić information content (AvgIpc) is 2.86. The molecule has 0 radical (unpaired) electrons. The van der Waals surface area contributed by atoms with Gasteiger partial charge in [0.2, 0.25) is 5.79 Å². The fraction of sp³-hybridized carbons (Fsp3) is 0.400. The SMILES string of the molecule is CN(C)CCOC(O)(c1ccccc1)c1ccnn1C. The summed E-state index contributed by atoms with van der Waals surface area (Å²) in [7, 11) is 5.72. The minimum absolute atomic E-state index is 0.420. The van der Waals surface area contributed by atoms with Gasteiger partial charge in [-0.05, 0) is 20.2 Å². The van der Waals surface area contributed by atoms with Crippen LogP contribution in [0.1, 0.15) is 11.3 Å². The number of likely N-dealkylation sites (N-methyl/N-ethyl adjacent to an activating group) is 1. The van der Waals surface area contributed by atoms with Crippen LogP contribution in [0, 0.1) is 0 Å². The van der Waals surface area contributed by atoms with E-state index in [1.165, 1.54) is 0 Å². The van der Waals surface area contributed by atoms with Crippen LogP contribution in [0.5, 0.6) is 0 Å². The molecule has 1 aromatic carbocycles. The van der Waals surface area contributed by atoms with Crippen LogP contribution in [-0.4, -0.2) is 47.0 Å². The van der Waals surface area contributed by atoms with Crippen LogP contribution in [0.2, 0.25) is 0 Å². The lowest BCUT2D eigenvalue weighted by Crippen LogP contribution is -2.35. The standard InChI is InChI=1S/C15H21N3O2/c1-17(2)11-12-20-15(19,13-7-5-4-6-8-13)14-9-10-16-18(14)3/h4-10,19H,11-12H2,1-3H3. The number of aliphatic hydroxyl groups is 1. The fourth-order valence-corrected chi connectivity index (χ4v) is 2.05. The second kappa shape index (κ2) is 6.17. The largest absolute Gasteiger partial charge is 0.357 e. The van der Waals surface area contributed by atoms with Crippen molar-refractivity contribution in [2.75, 3.05) is 27.2 Å². The highest BCUT2D eigenvalue weighted by Crippen LogP contribution is 2.30. The molecule has 2 aromatic rings. The summed E-state index contributed by atoms with van der Waals surface area (Å²) in [5.74, 6) is -1.48. The zero-order valence-corrected chi connectivity index (χ0v) is 12.2. The van der Waals surface area contributed by atoms with Gasteiger partial charge in [0.1, 0.15) is 5.69 Å². The highest BCUT2D eigenvalue weighted by Gasteiger charge is 2.35. The molecule has 1 N–H and O–H groups in total. The smallest absolute Gasteiger partial charge is 0.237 e. The molecule has 0 saturated heterocycles. The topological polar surface area (TPSA) is 50.5 Å². The minimum Gasteiger partial charge on any atom is -0.357 e. The van der Waals surface area contributed by atoms with Gasteiger partial charge in [0, 0.05) is 25.4 Å². The molecule has 2 rings (SSSR count). The third-order valence-corrected chi connectivity index (χ3v) is 3.18. The molecule has 0 saturated carbocycles. The van der Waals surface area contributed by atoms with Gasteiger partial charge in [-0.1, -0.05) is 30.3 Å². The quantitative estimate of drug-likeness (QED) is 0.805. The first-order valence-electron chi connectivity index (χ1n) is 6.59. The Morgan fingerprint density at radius 2 is 1.95 bits per heavy atom. The van der Waals surface area contributed by atoms with E-state index in [0.29, 0.717) is 17.9 Å². The number of rotatable bonds is 6. The van der Waals surface area contributed by atoms with E-state index in [2.05, 4.69) is 5.10 Å². The Morgan fingerprint density at radius 3 is 2.50 bits per heavy atom. The number of aromatic nitrogens is 2. The Bertz CT molecular complexity index is 539. The van der Waals surface area contributed by atoms with Crippen LogP contribution in [0.3, 0.4) is 0 Å². The summed E-state index contributed by atoms with van der Waals surface area (Å²) in [5, 5.41) is 15.2. The van der Waals surface area contributed by atoms with Gasteiger partial charge in [-0.15, -0.1) is 0 Å². The molecule has 0 spiro atoms. The van der Waals surface area contributed by atoms with E-state index in [0.717, 1.165) is 6.54 Å². The first-order chi connectivity index (χ1) is 9.54. The predicted octanol–water partition coefficient (Wildman–Crippen LogP) is 1.19. The lowest BCUT2D eigenvalue weighted by molar-refractivity contribution is -0.186. The van der Waals surface area contributed by atoms with Gasteiger partial charge in [0.05, 0.1) is 6.61 Å². The Morgan fingerprint density at radius 1 is 1.25 bits per heavy atom. The number of benzene rings is 1. The Hall–Kier alpha value is -1.69. The van der Waals surface area contributed by atoms with Crippen LogP contribution in [0.15, 0.2) is 42.6 Å². The van der Waals surface area contributed by atoms with E-state index < -0.39 is 5.79 Å². The fourth-order valence-electron chi connectivity index (χ4n) is 2.05. The van der Waals surface area contributed by atoms with E-state index in [-0.39, 0.29) is 0 Å². The maximum Gasteiger partial charge on any atom is 0.237 e. The van der Waals surface area contributed by atoms with Crippen molar-refractivity contribution in [2.45, 2.75) is 5.79 Å². The molecule has 1 unspecified atom stereocenters. The summed E-state index contributed by atoms with van der Waals surface area (Å²) >= 11 is 0. The minimum atomic E-state index is -1.48. The van der Waals surface area contributed by atoms with Gasteiger partial charge in [-0.2, -0.15) is 5.10 Å². The van der Waals surface area contributed by atoms with E-state index >= 15 is 0 Å². The van der Waals surface area contributed by atoms with Gasteiger partial charge < -0.3 is 14.7 Å². The monoisotopic (exact) mass is 275 g/mol. The van der Waals surface area contributed by atoms with E-state index in [1.807, 2.05) is 49.3 Å². The van der Waals surface area contributed by atoms with Gasteiger partial charge in [0.25, 0.3) is 0 Å². The molecule has 0 bridgehead atoms. The Kier molecular flexibility index (Phi) is 4.54. The number of aryl methyl sites for hydroxylation is 1. The highest BCUT2D eigenvalue weighted by atomic mass is 16.6. The van der Waals surface area contributed by atoms with Crippen molar-refractivity contribution >= 4 is 0 Å². The maximum absolute atomic E-state index is 11.0. The normalized spacial score (nSPS) is 14.4. The van der Waals surface area contributed by atoms with Crippen molar-refractivity contribution in [1.82, 2.24) is 14.7 Å². The van der Waals surface area contributed by atoms with Crippen LogP contribution >= 0.6 is 0 Å². The second-order valence-corrected chi connectivity index (χ2v) is 5.00. The molecule has 0 aliphatic heterocycles. The second-order valence-electron chi connectivity index (χ2n) is 5.00. The molecule has 1 heterocycles. The van der Waals surface area contributed by atoms with E-state index in [4.69, 9.17) is 4.74 Å². The molecule has 5 heteroatoms. The van der Waals surface area contributed by atoms with E-state index in [9.17, 15) is 5.11 Å². The van der Waals surface area contributed by atoms with Gasteiger partial charge in [-0.3, -0.25) is 4.68 Å². The molecule has 1 atom stereocenters. The Labute approximate surface area is 119 Å². The third-order valence-electron chi connectivity index (χ3n) is 3.18. The third kappa shape index (κ3) is 3.07. The first kappa shape index (κ1) is 14.7. The number of hydrogen-bond acceptors (Lipinski definition) is 4. The van der Waals surface area contributed by atoms with Gasteiger partial charge in [0.15, 0.2) is 0 Å². The van der Waals surface area contributed by atoms with Crippen molar-refractivity contribution in [3.8, 4) is 0 Å². The average molecular weight is 275 g/mol. The molecule has 108 valence electrons. The lowest BCUT2D eigenvalue weighted by Gasteiger charge is -2.29. The van der Waals surface area contributed by atoms with Crippen molar-refractivity contribution in [3.63, 3.8) is 0 Å². The molecule has 5 nitrogen and oxygen atoms in total. The molecular weight excluding hydrogens is 254 g/mol. The molecule has 0 fully saturated rings. The number of ether oxygens (including phenoxy) is 1. The zero-order chi connectivity index (χ0) is 14.6. The highest BCUT2D eigenvalue weighted by molar-refractivity contribution is 5.29. The summed E-state index contributed by atoms with van der Waals surface area (Å²) in [6.07, 6.45) is 1.65. The molecule has 1 aromatic heterocycles. The first-order valence-corrected chi connectivity index (χ1v) is 6.59. The molecule has 20 heavy (non-hydrogen) atoms. The predicted molar refractivity (Wildman–Crippen MR) is 77.2 cm³/mol. The summed E-state index contributed by atoms with van der Waals surface area (Å²) in [5.41, 5.74) is 1.31. The molecular formula is C15H21N3O2. The van der Waals surface area contributed by atoms with Crippen LogP contribution in [0.25, 0.3) is 0 Å². The lowest BCUT2D eigenvalue weighted by atomic mass is 10.0. The van der Waals surface area contributed by atoms with Crippen LogP contribution in [-0.2, 0) is 17.6 Å². The van der Waals surface area contributed by atoms with Crippen molar-refractivity contribution < 1.29 is 9.84 Å². The van der Waals surface area contributed by atoms with Crippen molar-refractivity contribution in [3.05, 3.63) is 53.9 Å². The van der Waals surface area contributed by atoms with Crippen LogP contribution in [0.4, 0.5) is 0 Å². The molecule has 0 aliphatic rings. The Balaban J connectivity index is 2.31. The van der Waals surface area contributed by atoms with Crippen molar-refractivity contribution in [1.29, 1.82) is 0 Å². The summed E-state index contributed by atoms with van der Waals surface area (Å²) < 4.78 is 7.43. The summed E-state index contributed by atoms with van der Waals surface area (Å²) in [6.45, 7) is 1.15. The summed E-state index contributed by atoms with van der Waals surface area (Å²) in [4.78, 5) is 2.01. The van der Waals surface area contributed by atoms with E-state index in [1.54, 1.807) is 24.0 Å². The maximum atomic E-state index is 11.0. The molecule has 0 amide bonds. The van der Waals surface area contributed by atoms with Gasteiger partial charge >= 0.3 is 0 Å². The number of hydrogen-bond donors (Lipinski definition) is 1. The van der Waals surface area contributed by atoms with Crippen molar-refractivity contribution in [2.24, 2.45) is 7.05 Å². The van der Waals surface area contributed by atoms with Gasteiger partial charge in [-0.25, -0.2) is 0 Å². The van der Waals surface area contributed by atoms with Crippen LogP contribution < -0.4 is 0 Å². The summed E-state index contributed by atoms with van der Waals surface area (Å²) in [6, 6.07) is 11.1. The molecule has 0 aliphatic carbocycles. The zero-order valence-electron chi connectivity index (χ0n) is 12.2. The number of nitrogens with zero attached hydrogens (tertiary/aromatic N) is 3.